The van der Waals surface area contributed by atoms with Crippen LogP contribution in [-0.2, 0) is 4.79 Å². The normalized spacial score (nSPS) is 12.7. The van der Waals surface area contributed by atoms with Gasteiger partial charge in [0.05, 0.1) is 16.8 Å². The molecule has 0 aliphatic rings. The number of thiazole rings is 1. The Hall–Kier alpha value is -2.20. The van der Waals surface area contributed by atoms with Gasteiger partial charge in [0, 0.05) is 36.4 Å². The minimum absolute atomic E-state index is 0.00367. The SMILES string of the molecule is CN(C(=O)CC(C)(C=N)SCN=[N+]=[N-])c1sc(-c2cncc(F)c2)nc1Cl. The van der Waals surface area contributed by atoms with E-state index in [2.05, 4.69) is 20.0 Å². The molecule has 0 aliphatic carbocycles. The van der Waals surface area contributed by atoms with Crippen molar-refractivity contribution < 1.29 is 9.18 Å². The van der Waals surface area contributed by atoms with Crippen molar-refractivity contribution in [1.29, 1.82) is 5.41 Å². The molecular weight excluding hydrogens is 413 g/mol. The van der Waals surface area contributed by atoms with E-state index in [0.717, 1.165) is 23.7 Å². The maximum Gasteiger partial charge on any atom is 0.229 e. The zero-order valence-electron chi connectivity index (χ0n) is 14.4. The Bertz CT molecular complexity index is 902. The maximum atomic E-state index is 13.4. The lowest BCUT2D eigenvalue weighted by Gasteiger charge is -2.25. The van der Waals surface area contributed by atoms with Gasteiger partial charge in [0.15, 0.2) is 5.15 Å². The van der Waals surface area contributed by atoms with E-state index >= 15 is 0 Å². The summed E-state index contributed by atoms with van der Waals surface area (Å²) in [5.74, 6) is -0.676. The number of halogens is 2. The fourth-order valence-corrected chi connectivity index (χ4v) is 4.04. The molecule has 0 spiro atoms. The van der Waals surface area contributed by atoms with E-state index in [0.29, 0.717) is 15.6 Å². The van der Waals surface area contributed by atoms with Gasteiger partial charge in [-0.3, -0.25) is 9.78 Å². The summed E-state index contributed by atoms with van der Waals surface area (Å²) in [6.07, 6.45) is 3.70. The lowest BCUT2D eigenvalue weighted by Crippen LogP contribution is -2.34. The van der Waals surface area contributed by atoms with Crippen molar-refractivity contribution in [2.45, 2.75) is 18.1 Å². The van der Waals surface area contributed by atoms with E-state index in [-0.39, 0.29) is 23.4 Å². The van der Waals surface area contributed by atoms with Crippen molar-refractivity contribution in [1.82, 2.24) is 9.97 Å². The fourth-order valence-electron chi connectivity index (χ4n) is 2.03. The molecule has 0 aromatic carbocycles. The third kappa shape index (κ3) is 5.39. The first-order valence-corrected chi connectivity index (χ1v) is 9.68. The van der Waals surface area contributed by atoms with Crippen LogP contribution in [0.4, 0.5) is 9.39 Å². The van der Waals surface area contributed by atoms with Gasteiger partial charge in [0.25, 0.3) is 0 Å². The standard InChI is InChI=1S/C15H15ClFN7OS2/c1-15(7-18,26-8-21-23-19)4-11(25)24(2)14-12(16)22-13(27-14)9-3-10(17)6-20-5-9/h3,5-7,18H,4,8H2,1-2H3. The zero-order valence-corrected chi connectivity index (χ0v) is 16.8. The van der Waals surface area contributed by atoms with Crippen LogP contribution >= 0.6 is 34.7 Å². The van der Waals surface area contributed by atoms with Crippen LogP contribution in [0.3, 0.4) is 0 Å². The number of amides is 1. The molecule has 0 aliphatic heterocycles. The van der Waals surface area contributed by atoms with Crippen molar-refractivity contribution >= 4 is 51.8 Å². The number of carbonyl (C=O) groups excluding carboxylic acids is 1. The Labute approximate surface area is 167 Å². The first-order valence-electron chi connectivity index (χ1n) is 7.50. The molecule has 2 aromatic rings. The number of hydrogen-bond donors (Lipinski definition) is 1. The van der Waals surface area contributed by atoms with E-state index in [9.17, 15) is 9.18 Å². The largest absolute Gasteiger partial charge is 0.312 e. The molecule has 1 amide bonds. The maximum absolute atomic E-state index is 13.4. The average Bonchev–Trinajstić information content (AvgIpc) is 3.03. The molecule has 1 atom stereocenters. The van der Waals surface area contributed by atoms with Crippen LogP contribution < -0.4 is 4.90 Å². The van der Waals surface area contributed by atoms with Crippen LogP contribution in [0.1, 0.15) is 13.3 Å². The van der Waals surface area contributed by atoms with Crippen LogP contribution in [0.5, 0.6) is 0 Å². The van der Waals surface area contributed by atoms with Crippen molar-refractivity contribution in [2.24, 2.45) is 5.11 Å². The monoisotopic (exact) mass is 427 g/mol. The zero-order chi connectivity index (χ0) is 20.0. The van der Waals surface area contributed by atoms with Crippen LogP contribution in [0.2, 0.25) is 5.15 Å². The van der Waals surface area contributed by atoms with E-state index in [1.165, 1.54) is 28.9 Å². The summed E-state index contributed by atoms with van der Waals surface area (Å²) in [5.41, 5.74) is 8.82. The lowest BCUT2D eigenvalue weighted by molar-refractivity contribution is -0.118. The van der Waals surface area contributed by atoms with Crippen LogP contribution in [0.25, 0.3) is 21.0 Å². The number of rotatable bonds is 8. The Morgan fingerprint density at radius 1 is 1.63 bits per heavy atom. The summed E-state index contributed by atoms with van der Waals surface area (Å²) in [7, 11) is 1.55. The van der Waals surface area contributed by atoms with E-state index in [4.69, 9.17) is 22.5 Å². The third-order valence-corrected chi connectivity index (χ3v) is 6.25. The van der Waals surface area contributed by atoms with Gasteiger partial charge in [-0.15, -0.1) is 11.8 Å². The highest BCUT2D eigenvalue weighted by molar-refractivity contribution is 8.01. The minimum Gasteiger partial charge on any atom is -0.312 e. The van der Waals surface area contributed by atoms with Crippen LogP contribution in [0.15, 0.2) is 23.6 Å². The summed E-state index contributed by atoms with van der Waals surface area (Å²) >= 11 is 8.50. The molecule has 0 radical (unpaired) electrons. The van der Waals surface area contributed by atoms with E-state index in [1.54, 1.807) is 14.0 Å². The van der Waals surface area contributed by atoms with Gasteiger partial charge in [-0.05, 0) is 18.5 Å². The topological polar surface area (TPSA) is 119 Å². The number of azide groups is 1. The molecule has 2 heterocycles. The van der Waals surface area contributed by atoms with E-state index < -0.39 is 10.6 Å². The number of thioether (sulfide) groups is 1. The minimum atomic E-state index is -0.827. The molecule has 12 heteroatoms. The lowest BCUT2D eigenvalue weighted by atomic mass is 10.1. The van der Waals surface area contributed by atoms with Gasteiger partial charge in [-0.25, -0.2) is 9.37 Å². The summed E-state index contributed by atoms with van der Waals surface area (Å²) in [4.78, 5) is 24.6. The molecule has 142 valence electrons. The molecule has 0 bridgehead atoms. The molecule has 8 nitrogen and oxygen atoms in total. The van der Waals surface area contributed by atoms with Gasteiger partial charge in [0.1, 0.15) is 15.8 Å². The number of nitrogens with zero attached hydrogens (tertiary/aromatic N) is 6. The molecular formula is C15H15ClFN7OS2. The van der Waals surface area contributed by atoms with Crippen molar-refractivity contribution in [3.8, 4) is 10.6 Å². The Kier molecular flexibility index (Phi) is 7.14. The molecule has 1 unspecified atom stereocenters. The number of aromatic nitrogens is 2. The molecule has 2 aromatic heterocycles. The van der Waals surface area contributed by atoms with Gasteiger partial charge in [0.2, 0.25) is 5.91 Å². The number of pyridine rings is 1. The van der Waals surface area contributed by atoms with Gasteiger partial charge in [-0.1, -0.05) is 28.1 Å². The highest BCUT2D eigenvalue weighted by Gasteiger charge is 2.29. The van der Waals surface area contributed by atoms with Gasteiger partial charge < -0.3 is 10.3 Å². The first kappa shape index (κ1) is 21.1. The smallest absolute Gasteiger partial charge is 0.229 e. The number of hydrogen-bond acceptors (Lipinski definition) is 7. The molecule has 0 saturated carbocycles. The predicted molar refractivity (Wildman–Crippen MR) is 107 cm³/mol. The second kappa shape index (κ2) is 9.14. The summed E-state index contributed by atoms with van der Waals surface area (Å²) in [6.45, 7) is 1.71. The van der Waals surface area contributed by atoms with Crippen LogP contribution in [-0.4, -0.2) is 39.8 Å². The Morgan fingerprint density at radius 3 is 3.00 bits per heavy atom. The Morgan fingerprint density at radius 2 is 2.37 bits per heavy atom. The third-order valence-electron chi connectivity index (χ3n) is 3.52. The highest BCUT2D eigenvalue weighted by atomic mass is 35.5. The number of nitrogens with one attached hydrogen (secondary N) is 1. The highest BCUT2D eigenvalue weighted by Crippen LogP contribution is 2.38. The Balaban J connectivity index is 2.19. The van der Waals surface area contributed by atoms with Gasteiger partial charge >= 0.3 is 0 Å². The molecule has 27 heavy (non-hydrogen) atoms. The first-order chi connectivity index (χ1) is 12.8. The molecule has 0 fully saturated rings. The number of anilines is 1. The molecule has 2 rings (SSSR count). The summed E-state index contributed by atoms with van der Waals surface area (Å²) in [5, 5.41) is 12.0. The molecule has 0 saturated heterocycles. The summed E-state index contributed by atoms with van der Waals surface area (Å²) < 4.78 is 12.5. The van der Waals surface area contributed by atoms with Crippen molar-refractivity contribution in [2.75, 3.05) is 17.8 Å². The molecule has 1 N–H and O–H groups in total. The fraction of sp³-hybridized carbons (Fsp3) is 0.333. The average molecular weight is 428 g/mol. The van der Waals surface area contributed by atoms with Crippen LogP contribution in [0, 0.1) is 11.2 Å². The van der Waals surface area contributed by atoms with Crippen molar-refractivity contribution in [3.63, 3.8) is 0 Å². The second-order valence-electron chi connectivity index (χ2n) is 5.60. The predicted octanol–water partition coefficient (Wildman–Crippen LogP) is 4.76. The number of carbonyl (C=O) groups is 1. The van der Waals surface area contributed by atoms with E-state index in [1.807, 2.05) is 0 Å². The summed E-state index contributed by atoms with van der Waals surface area (Å²) in [6, 6.07) is 1.28. The van der Waals surface area contributed by atoms with Crippen molar-refractivity contribution in [3.05, 3.63) is 39.9 Å². The second-order valence-corrected chi connectivity index (χ2v) is 8.41. The van der Waals surface area contributed by atoms with Gasteiger partial charge in [-0.2, -0.15) is 0 Å². The quantitative estimate of drug-likeness (QED) is 0.282.